The largest absolute Gasteiger partial charge is 0.489 e. The first kappa shape index (κ1) is 16.2. The van der Waals surface area contributed by atoms with Crippen molar-refractivity contribution in [3.05, 3.63) is 29.6 Å². The van der Waals surface area contributed by atoms with E-state index in [1.807, 2.05) is 6.07 Å². The molecule has 0 aromatic heterocycles. The van der Waals surface area contributed by atoms with E-state index in [1.54, 1.807) is 6.07 Å². The Balaban J connectivity index is 1.85. The molecule has 0 aliphatic carbocycles. The van der Waals surface area contributed by atoms with Crippen molar-refractivity contribution in [3.63, 3.8) is 0 Å². The molecule has 1 saturated heterocycles. The topological polar surface area (TPSA) is 33.7 Å². The van der Waals surface area contributed by atoms with E-state index in [0.717, 1.165) is 51.4 Å². The number of ether oxygens (including phenoxy) is 2. The van der Waals surface area contributed by atoms with E-state index < -0.39 is 0 Å². The second-order valence-electron chi connectivity index (χ2n) is 5.21. The Kier molecular flexibility index (Phi) is 6.92. The first-order valence-electron chi connectivity index (χ1n) is 7.72. The van der Waals surface area contributed by atoms with Crippen LogP contribution in [0.25, 0.3) is 0 Å². The predicted octanol–water partition coefficient (Wildman–Crippen LogP) is 2.04. The zero-order valence-electron chi connectivity index (χ0n) is 12.7. The van der Waals surface area contributed by atoms with Gasteiger partial charge >= 0.3 is 0 Å². The molecule has 2 rings (SSSR count). The van der Waals surface area contributed by atoms with Gasteiger partial charge in [0.05, 0.1) is 13.2 Å². The van der Waals surface area contributed by atoms with Crippen molar-refractivity contribution in [2.75, 3.05) is 46.0 Å². The van der Waals surface area contributed by atoms with Crippen molar-refractivity contribution in [1.82, 2.24) is 10.2 Å². The summed E-state index contributed by atoms with van der Waals surface area (Å²) in [6, 6.07) is 5.09. The van der Waals surface area contributed by atoms with Gasteiger partial charge in [0.25, 0.3) is 0 Å². The normalized spacial score (nSPS) is 16.1. The fourth-order valence-electron chi connectivity index (χ4n) is 2.36. The second kappa shape index (κ2) is 8.97. The Morgan fingerprint density at radius 2 is 2.14 bits per heavy atom. The molecular weight excluding hydrogens is 271 g/mol. The molecule has 1 aromatic carbocycles. The van der Waals surface area contributed by atoms with E-state index in [1.165, 1.54) is 6.07 Å². The quantitative estimate of drug-likeness (QED) is 0.744. The molecule has 0 spiro atoms. The molecule has 21 heavy (non-hydrogen) atoms. The molecule has 1 heterocycles. The van der Waals surface area contributed by atoms with E-state index >= 15 is 0 Å². The Labute approximate surface area is 126 Å². The number of para-hydroxylation sites is 1. The standard InChI is InChI=1S/C16H25FN2O2/c1-2-6-18-13-14-4-3-5-15(17)16(14)21-12-9-19-7-10-20-11-8-19/h3-5,18H,2,6-13H2,1H3. The van der Waals surface area contributed by atoms with Crippen LogP contribution in [0.2, 0.25) is 0 Å². The Hall–Kier alpha value is -1.17. The maximum Gasteiger partial charge on any atom is 0.165 e. The zero-order valence-corrected chi connectivity index (χ0v) is 12.7. The lowest BCUT2D eigenvalue weighted by Gasteiger charge is -2.26. The third-order valence-electron chi connectivity index (χ3n) is 3.55. The number of hydrogen-bond donors (Lipinski definition) is 1. The Morgan fingerprint density at radius 3 is 2.90 bits per heavy atom. The zero-order chi connectivity index (χ0) is 14.9. The number of nitrogens with zero attached hydrogens (tertiary/aromatic N) is 1. The van der Waals surface area contributed by atoms with E-state index in [-0.39, 0.29) is 5.82 Å². The highest BCUT2D eigenvalue weighted by atomic mass is 19.1. The van der Waals surface area contributed by atoms with E-state index in [2.05, 4.69) is 17.1 Å². The number of hydrogen-bond acceptors (Lipinski definition) is 4. The summed E-state index contributed by atoms with van der Waals surface area (Å²) in [5.41, 5.74) is 0.880. The summed E-state index contributed by atoms with van der Waals surface area (Å²) in [6.45, 7) is 8.36. The summed E-state index contributed by atoms with van der Waals surface area (Å²) in [5.74, 6) is 0.0992. The van der Waals surface area contributed by atoms with Gasteiger partial charge in [0, 0.05) is 31.7 Å². The highest BCUT2D eigenvalue weighted by molar-refractivity contribution is 5.34. The molecule has 1 N–H and O–H groups in total. The second-order valence-corrected chi connectivity index (χ2v) is 5.21. The molecule has 0 radical (unpaired) electrons. The molecule has 1 fully saturated rings. The van der Waals surface area contributed by atoms with Crippen molar-refractivity contribution >= 4 is 0 Å². The van der Waals surface area contributed by atoms with Crippen LogP contribution in [0.1, 0.15) is 18.9 Å². The Bertz CT molecular complexity index is 423. The van der Waals surface area contributed by atoms with Gasteiger partial charge in [-0.2, -0.15) is 0 Å². The summed E-state index contributed by atoms with van der Waals surface area (Å²) in [7, 11) is 0. The minimum atomic E-state index is -0.284. The van der Waals surface area contributed by atoms with Crippen molar-refractivity contribution < 1.29 is 13.9 Å². The van der Waals surface area contributed by atoms with Crippen molar-refractivity contribution in [2.45, 2.75) is 19.9 Å². The average Bonchev–Trinajstić information content (AvgIpc) is 2.51. The van der Waals surface area contributed by atoms with Crippen LogP contribution in [-0.2, 0) is 11.3 Å². The highest BCUT2D eigenvalue weighted by Crippen LogP contribution is 2.22. The van der Waals surface area contributed by atoms with Gasteiger partial charge in [-0.15, -0.1) is 0 Å². The number of benzene rings is 1. The minimum Gasteiger partial charge on any atom is -0.489 e. The minimum absolute atomic E-state index is 0.284. The van der Waals surface area contributed by atoms with E-state index in [4.69, 9.17) is 9.47 Å². The van der Waals surface area contributed by atoms with Gasteiger partial charge in [-0.25, -0.2) is 4.39 Å². The lowest BCUT2D eigenvalue weighted by molar-refractivity contribution is 0.0319. The molecule has 0 bridgehead atoms. The number of nitrogens with one attached hydrogen (secondary N) is 1. The van der Waals surface area contributed by atoms with Crippen molar-refractivity contribution in [3.8, 4) is 5.75 Å². The van der Waals surface area contributed by atoms with Crippen LogP contribution in [0.3, 0.4) is 0 Å². The molecule has 4 nitrogen and oxygen atoms in total. The smallest absolute Gasteiger partial charge is 0.165 e. The molecule has 118 valence electrons. The van der Waals surface area contributed by atoms with Gasteiger partial charge < -0.3 is 14.8 Å². The molecule has 0 unspecified atom stereocenters. The summed E-state index contributed by atoms with van der Waals surface area (Å²) in [6.07, 6.45) is 1.06. The van der Waals surface area contributed by atoms with Crippen LogP contribution < -0.4 is 10.1 Å². The summed E-state index contributed by atoms with van der Waals surface area (Å²) >= 11 is 0. The predicted molar refractivity (Wildman–Crippen MR) is 81.2 cm³/mol. The Morgan fingerprint density at radius 1 is 1.33 bits per heavy atom. The van der Waals surface area contributed by atoms with Gasteiger partial charge in [0.1, 0.15) is 6.61 Å². The number of morpholine rings is 1. The van der Waals surface area contributed by atoms with Gasteiger partial charge in [-0.3, -0.25) is 4.90 Å². The lowest BCUT2D eigenvalue weighted by Crippen LogP contribution is -2.38. The van der Waals surface area contributed by atoms with Crippen LogP contribution in [0.5, 0.6) is 5.75 Å². The summed E-state index contributed by atoms with van der Waals surface area (Å²) in [4.78, 5) is 2.28. The molecule has 1 aliphatic heterocycles. The molecule has 1 aromatic rings. The first-order chi connectivity index (χ1) is 10.3. The molecule has 0 atom stereocenters. The molecule has 5 heteroatoms. The summed E-state index contributed by atoms with van der Waals surface area (Å²) < 4.78 is 24.9. The van der Waals surface area contributed by atoms with Crippen LogP contribution in [-0.4, -0.2) is 50.9 Å². The lowest BCUT2D eigenvalue weighted by atomic mass is 10.2. The SMILES string of the molecule is CCCNCc1cccc(F)c1OCCN1CCOCC1. The van der Waals surface area contributed by atoms with Crippen LogP contribution in [0.4, 0.5) is 4.39 Å². The summed E-state index contributed by atoms with van der Waals surface area (Å²) in [5, 5.41) is 3.29. The molecule has 0 amide bonds. The van der Waals surface area contributed by atoms with Crippen LogP contribution in [0.15, 0.2) is 18.2 Å². The fraction of sp³-hybridized carbons (Fsp3) is 0.625. The van der Waals surface area contributed by atoms with E-state index in [9.17, 15) is 4.39 Å². The average molecular weight is 296 g/mol. The molecule has 0 saturated carbocycles. The molecular formula is C16H25FN2O2. The first-order valence-corrected chi connectivity index (χ1v) is 7.72. The number of halogens is 1. The fourth-order valence-corrected chi connectivity index (χ4v) is 2.36. The third-order valence-corrected chi connectivity index (χ3v) is 3.55. The van der Waals surface area contributed by atoms with Crippen molar-refractivity contribution in [2.24, 2.45) is 0 Å². The monoisotopic (exact) mass is 296 g/mol. The van der Waals surface area contributed by atoms with Gasteiger partial charge in [-0.1, -0.05) is 19.1 Å². The van der Waals surface area contributed by atoms with Gasteiger partial charge in [0.15, 0.2) is 11.6 Å². The van der Waals surface area contributed by atoms with Crippen molar-refractivity contribution in [1.29, 1.82) is 0 Å². The van der Waals surface area contributed by atoms with E-state index in [0.29, 0.717) is 18.9 Å². The highest BCUT2D eigenvalue weighted by Gasteiger charge is 2.12. The molecule has 1 aliphatic rings. The number of rotatable bonds is 8. The maximum atomic E-state index is 13.9. The third kappa shape index (κ3) is 5.26. The van der Waals surface area contributed by atoms with Crippen LogP contribution >= 0.6 is 0 Å². The van der Waals surface area contributed by atoms with Crippen LogP contribution in [0, 0.1) is 5.82 Å². The maximum absolute atomic E-state index is 13.9. The van der Waals surface area contributed by atoms with Gasteiger partial charge in [0.2, 0.25) is 0 Å². The van der Waals surface area contributed by atoms with Gasteiger partial charge in [-0.05, 0) is 19.0 Å².